The topological polar surface area (TPSA) is 96.3 Å². The second kappa shape index (κ2) is 5.83. The Hall–Kier alpha value is -1.60. The lowest BCUT2D eigenvalue weighted by Crippen LogP contribution is -2.46. The molecule has 18 heavy (non-hydrogen) atoms. The molecule has 1 saturated heterocycles. The maximum Gasteiger partial charge on any atom is 0.223 e. The summed E-state index contributed by atoms with van der Waals surface area (Å²) in [6, 6.07) is 1.83. The first-order valence-electron chi connectivity index (χ1n) is 6.31. The highest BCUT2D eigenvalue weighted by Crippen LogP contribution is 2.18. The van der Waals surface area contributed by atoms with E-state index in [9.17, 15) is 0 Å². The van der Waals surface area contributed by atoms with Gasteiger partial charge in [0, 0.05) is 32.2 Å². The molecular weight excluding hydrogens is 230 g/mol. The van der Waals surface area contributed by atoms with Crippen LogP contribution in [0.3, 0.4) is 0 Å². The lowest BCUT2D eigenvalue weighted by atomic mass is 10.3. The molecule has 5 N–H and O–H groups in total. The van der Waals surface area contributed by atoms with Crippen molar-refractivity contribution >= 4 is 17.6 Å². The molecule has 2 rings (SSSR count). The van der Waals surface area contributed by atoms with Crippen LogP contribution in [0.1, 0.15) is 13.3 Å². The van der Waals surface area contributed by atoms with E-state index in [0.29, 0.717) is 5.82 Å². The summed E-state index contributed by atoms with van der Waals surface area (Å²) in [7, 11) is 0. The third kappa shape index (κ3) is 2.99. The molecule has 1 aromatic heterocycles. The fraction of sp³-hybridized carbons (Fsp3) is 0.636. The van der Waals surface area contributed by atoms with Gasteiger partial charge in [-0.25, -0.2) is 5.84 Å². The zero-order valence-corrected chi connectivity index (χ0v) is 10.8. The summed E-state index contributed by atoms with van der Waals surface area (Å²) < 4.78 is 0. The highest BCUT2D eigenvalue weighted by molar-refractivity contribution is 5.52. The minimum Gasteiger partial charge on any atom is -0.368 e. The van der Waals surface area contributed by atoms with Gasteiger partial charge in [0.05, 0.1) is 0 Å². The van der Waals surface area contributed by atoms with Crippen molar-refractivity contribution in [3.8, 4) is 0 Å². The number of piperazine rings is 1. The Morgan fingerprint density at radius 1 is 1.28 bits per heavy atom. The molecule has 0 unspecified atom stereocenters. The number of anilines is 3. The molecular formula is C11H21N7. The van der Waals surface area contributed by atoms with E-state index < -0.39 is 0 Å². The van der Waals surface area contributed by atoms with Crippen LogP contribution in [0, 0.1) is 0 Å². The van der Waals surface area contributed by atoms with E-state index in [1.807, 2.05) is 6.07 Å². The fourth-order valence-corrected chi connectivity index (χ4v) is 2.21. The van der Waals surface area contributed by atoms with Crippen molar-refractivity contribution in [3.63, 3.8) is 0 Å². The molecule has 0 saturated carbocycles. The van der Waals surface area contributed by atoms with Crippen molar-refractivity contribution in [2.75, 3.05) is 48.8 Å². The number of nitrogens with one attached hydrogen (secondary N) is 1. The van der Waals surface area contributed by atoms with E-state index in [2.05, 4.69) is 32.1 Å². The van der Waals surface area contributed by atoms with E-state index in [1.165, 1.54) is 6.42 Å². The number of nitrogens with two attached hydrogens (primary N) is 2. The Labute approximate surface area is 107 Å². The molecule has 0 spiro atoms. The number of hydrogen-bond donors (Lipinski definition) is 3. The van der Waals surface area contributed by atoms with Gasteiger partial charge >= 0.3 is 0 Å². The molecule has 0 aromatic carbocycles. The average Bonchev–Trinajstić information content (AvgIpc) is 2.39. The van der Waals surface area contributed by atoms with Crippen LogP contribution in [0.4, 0.5) is 17.6 Å². The first-order chi connectivity index (χ1) is 8.72. The van der Waals surface area contributed by atoms with Crippen molar-refractivity contribution in [1.29, 1.82) is 0 Å². The molecule has 7 nitrogen and oxygen atoms in total. The van der Waals surface area contributed by atoms with Crippen molar-refractivity contribution < 1.29 is 0 Å². The summed E-state index contributed by atoms with van der Waals surface area (Å²) in [6.45, 7) is 7.40. The zero-order chi connectivity index (χ0) is 13.0. The van der Waals surface area contributed by atoms with Gasteiger partial charge in [0.2, 0.25) is 5.95 Å². The second-order valence-electron chi connectivity index (χ2n) is 4.44. The highest BCUT2D eigenvalue weighted by Gasteiger charge is 2.18. The molecule has 0 bridgehead atoms. The third-order valence-corrected chi connectivity index (χ3v) is 3.11. The maximum atomic E-state index is 5.66. The Morgan fingerprint density at radius 3 is 2.61 bits per heavy atom. The molecule has 100 valence electrons. The number of hydrogen-bond acceptors (Lipinski definition) is 7. The summed E-state index contributed by atoms with van der Waals surface area (Å²) in [5.41, 5.74) is 8.17. The SMILES string of the molecule is CCCN1CCN(c2cc(NN)nc(N)n2)CC1. The minimum atomic E-state index is 0.247. The van der Waals surface area contributed by atoms with E-state index in [0.717, 1.165) is 38.5 Å². The molecule has 0 amide bonds. The summed E-state index contributed by atoms with van der Waals surface area (Å²) >= 11 is 0. The summed E-state index contributed by atoms with van der Waals surface area (Å²) in [5.74, 6) is 6.99. The molecule has 0 atom stereocenters. The van der Waals surface area contributed by atoms with E-state index >= 15 is 0 Å². The molecule has 0 aliphatic carbocycles. The minimum absolute atomic E-state index is 0.247. The van der Waals surface area contributed by atoms with Gasteiger partial charge in [-0.15, -0.1) is 0 Å². The smallest absolute Gasteiger partial charge is 0.223 e. The van der Waals surface area contributed by atoms with Crippen LogP contribution in [-0.2, 0) is 0 Å². The van der Waals surface area contributed by atoms with Crippen LogP contribution in [0.2, 0.25) is 0 Å². The lowest BCUT2D eigenvalue weighted by Gasteiger charge is -2.35. The van der Waals surface area contributed by atoms with Crippen LogP contribution in [0.5, 0.6) is 0 Å². The van der Waals surface area contributed by atoms with Gasteiger partial charge in [0.15, 0.2) is 0 Å². The van der Waals surface area contributed by atoms with E-state index in [4.69, 9.17) is 11.6 Å². The average molecular weight is 251 g/mol. The summed E-state index contributed by atoms with van der Waals surface area (Å²) in [6.07, 6.45) is 1.20. The van der Waals surface area contributed by atoms with Crippen molar-refractivity contribution in [3.05, 3.63) is 6.07 Å². The predicted octanol–water partition coefficient (Wildman–Crippen LogP) is -0.124. The number of rotatable bonds is 4. The molecule has 0 radical (unpaired) electrons. The quantitative estimate of drug-likeness (QED) is 0.507. The standard InChI is InChI=1S/C11H21N7/c1-2-3-17-4-6-18(7-5-17)10-8-9(16-13)14-11(12)15-10/h8H,2-7,13H2,1H3,(H3,12,14,15,16). The van der Waals surface area contributed by atoms with Crippen molar-refractivity contribution in [2.45, 2.75) is 13.3 Å². The van der Waals surface area contributed by atoms with E-state index in [-0.39, 0.29) is 5.95 Å². The number of nitrogen functional groups attached to an aromatic ring is 2. The molecule has 1 aromatic rings. The number of hydrazine groups is 1. The number of nitrogens with zero attached hydrogens (tertiary/aromatic N) is 4. The Balaban J connectivity index is 2.02. The zero-order valence-electron chi connectivity index (χ0n) is 10.8. The normalized spacial score (nSPS) is 16.9. The van der Waals surface area contributed by atoms with Gasteiger partial charge in [0.25, 0.3) is 0 Å². The van der Waals surface area contributed by atoms with Crippen LogP contribution in [-0.4, -0.2) is 47.6 Å². The number of aromatic nitrogens is 2. The van der Waals surface area contributed by atoms with Crippen LogP contribution in [0.25, 0.3) is 0 Å². The lowest BCUT2D eigenvalue weighted by molar-refractivity contribution is 0.258. The van der Waals surface area contributed by atoms with Gasteiger partial charge in [-0.3, -0.25) is 4.90 Å². The largest absolute Gasteiger partial charge is 0.368 e. The Kier molecular flexibility index (Phi) is 4.16. The van der Waals surface area contributed by atoms with Crippen LogP contribution < -0.4 is 21.9 Å². The molecule has 1 aliphatic heterocycles. The predicted molar refractivity (Wildman–Crippen MR) is 73.2 cm³/mol. The second-order valence-corrected chi connectivity index (χ2v) is 4.44. The summed E-state index contributed by atoms with van der Waals surface area (Å²) in [4.78, 5) is 12.9. The molecule has 2 heterocycles. The van der Waals surface area contributed by atoms with E-state index in [1.54, 1.807) is 0 Å². The van der Waals surface area contributed by atoms with Crippen molar-refractivity contribution in [1.82, 2.24) is 14.9 Å². The van der Waals surface area contributed by atoms with Gasteiger partial charge in [-0.2, -0.15) is 9.97 Å². The molecule has 7 heteroatoms. The molecule has 1 fully saturated rings. The summed E-state index contributed by atoms with van der Waals surface area (Å²) in [5, 5.41) is 0. The molecule has 1 aliphatic rings. The maximum absolute atomic E-state index is 5.66. The Bertz CT molecular complexity index is 387. The van der Waals surface area contributed by atoms with Crippen molar-refractivity contribution in [2.24, 2.45) is 5.84 Å². The monoisotopic (exact) mass is 251 g/mol. The first-order valence-corrected chi connectivity index (χ1v) is 6.31. The van der Waals surface area contributed by atoms with Crippen LogP contribution >= 0.6 is 0 Å². The van der Waals surface area contributed by atoms with Gasteiger partial charge in [-0.1, -0.05) is 6.92 Å². The third-order valence-electron chi connectivity index (χ3n) is 3.11. The van der Waals surface area contributed by atoms with Gasteiger partial charge < -0.3 is 16.1 Å². The van der Waals surface area contributed by atoms with Gasteiger partial charge in [0.1, 0.15) is 11.6 Å². The highest BCUT2D eigenvalue weighted by atomic mass is 15.3. The first kappa shape index (κ1) is 12.8. The Morgan fingerprint density at radius 2 is 2.00 bits per heavy atom. The van der Waals surface area contributed by atoms with Crippen LogP contribution in [0.15, 0.2) is 6.07 Å². The fourth-order valence-electron chi connectivity index (χ4n) is 2.21. The van der Waals surface area contributed by atoms with Gasteiger partial charge in [-0.05, 0) is 13.0 Å².